The molecule has 3 heteroatoms. The van der Waals surface area contributed by atoms with Crippen molar-refractivity contribution in [1.29, 1.82) is 5.41 Å². The molecule has 0 heterocycles. The van der Waals surface area contributed by atoms with Crippen molar-refractivity contribution in [3.05, 3.63) is 29.8 Å². The molecule has 1 aromatic rings. The number of hydrogen-bond acceptors (Lipinski definition) is 2. The largest absolute Gasteiger partial charge is 0.378 e. The third-order valence-electron chi connectivity index (χ3n) is 1.22. The first-order chi connectivity index (χ1) is 5.18. The van der Waals surface area contributed by atoms with Crippen molar-refractivity contribution in [3.8, 4) is 0 Å². The summed E-state index contributed by atoms with van der Waals surface area (Å²) in [6, 6.07) is 7.93. The van der Waals surface area contributed by atoms with E-state index in [2.05, 4.69) is 0 Å². The van der Waals surface area contributed by atoms with E-state index < -0.39 is 0 Å². The summed E-state index contributed by atoms with van der Waals surface area (Å²) < 4.78 is 0. The molecule has 0 aromatic heterocycles. The maximum absolute atomic E-state index is 7.04. The van der Waals surface area contributed by atoms with Crippen molar-refractivity contribution in [2.24, 2.45) is 5.73 Å². The van der Waals surface area contributed by atoms with Gasteiger partial charge in [0.1, 0.15) is 0 Å². The van der Waals surface area contributed by atoms with Crippen LogP contribution in [0.2, 0.25) is 0 Å². The van der Waals surface area contributed by atoms with Crippen LogP contribution in [0, 0.1) is 12.3 Å². The van der Waals surface area contributed by atoms with Gasteiger partial charge in [-0.25, -0.2) is 0 Å². The minimum atomic E-state index is 0.135. The molecule has 58 valence electrons. The highest BCUT2D eigenvalue weighted by Gasteiger charge is 1.94. The van der Waals surface area contributed by atoms with Gasteiger partial charge in [0.2, 0.25) is 0 Å². The van der Waals surface area contributed by atoms with E-state index in [4.69, 9.17) is 11.1 Å². The highest BCUT2D eigenvalue weighted by molar-refractivity contribution is 8.13. The molecular formula is C8H10N2S. The van der Waals surface area contributed by atoms with Crippen molar-refractivity contribution in [3.63, 3.8) is 0 Å². The number of benzene rings is 1. The number of rotatable bonds is 1. The minimum Gasteiger partial charge on any atom is -0.378 e. The molecule has 0 radical (unpaired) electrons. The Labute approximate surface area is 70.3 Å². The lowest BCUT2D eigenvalue weighted by Crippen LogP contribution is -2.02. The summed E-state index contributed by atoms with van der Waals surface area (Å²) in [5, 5.41) is 7.18. The average Bonchev–Trinajstić information content (AvgIpc) is 1.85. The number of thioether (sulfide) groups is 1. The molecule has 0 spiro atoms. The number of aryl methyl sites for hydroxylation is 1. The van der Waals surface area contributed by atoms with E-state index in [1.165, 1.54) is 17.3 Å². The van der Waals surface area contributed by atoms with Crippen LogP contribution in [-0.2, 0) is 0 Å². The summed E-state index contributed by atoms with van der Waals surface area (Å²) in [7, 11) is 0. The van der Waals surface area contributed by atoms with E-state index in [9.17, 15) is 0 Å². The number of amidine groups is 1. The predicted molar refractivity (Wildman–Crippen MR) is 49.0 cm³/mol. The fourth-order valence-corrected chi connectivity index (χ4v) is 1.45. The van der Waals surface area contributed by atoms with Crippen molar-refractivity contribution in [1.82, 2.24) is 0 Å². The first-order valence-corrected chi connectivity index (χ1v) is 4.08. The lowest BCUT2D eigenvalue weighted by Gasteiger charge is -1.98. The Balaban J connectivity index is 2.79. The normalized spacial score (nSPS) is 9.55. The molecule has 0 aliphatic heterocycles. The maximum Gasteiger partial charge on any atom is 0.155 e. The molecule has 2 nitrogen and oxygen atoms in total. The highest BCUT2D eigenvalue weighted by atomic mass is 32.2. The molecular weight excluding hydrogens is 156 g/mol. The minimum absolute atomic E-state index is 0.135. The van der Waals surface area contributed by atoms with Crippen LogP contribution < -0.4 is 5.73 Å². The molecule has 0 bridgehead atoms. The van der Waals surface area contributed by atoms with Gasteiger partial charge < -0.3 is 5.73 Å². The maximum atomic E-state index is 7.04. The summed E-state index contributed by atoms with van der Waals surface area (Å²) in [5.74, 6) is 0. The molecule has 0 fully saturated rings. The van der Waals surface area contributed by atoms with Crippen LogP contribution in [0.25, 0.3) is 0 Å². The molecule has 11 heavy (non-hydrogen) atoms. The summed E-state index contributed by atoms with van der Waals surface area (Å²) in [6.07, 6.45) is 0. The highest BCUT2D eigenvalue weighted by Crippen LogP contribution is 2.17. The third-order valence-corrected chi connectivity index (χ3v) is 1.93. The first kappa shape index (κ1) is 8.14. The van der Waals surface area contributed by atoms with Crippen LogP contribution in [0.3, 0.4) is 0 Å². The fraction of sp³-hybridized carbons (Fsp3) is 0.125. The number of nitrogens with two attached hydrogens (primary N) is 1. The Bertz CT molecular complexity index is 271. The van der Waals surface area contributed by atoms with Crippen LogP contribution in [-0.4, -0.2) is 5.17 Å². The summed E-state index contributed by atoms with van der Waals surface area (Å²) >= 11 is 1.27. The van der Waals surface area contributed by atoms with Crippen LogP contribution in [0.4, 0.5) is 0 Å². The van der Waals surface area contributed by atoms with Crippen LogP contribution in [0.1, 0.15) is 5.56 Å². The van der Waals surface area contributed by atoms with Crippen molar-refractivity contribution < 1.29 is 0 Å². The summed E-state index contributed by atoms with van der Waals surface area (Å²) in [4.78, 5) is 1.03. The van der Waals surface area contributed by atoms with Crippen LogP contribution in [0.15, 0.2) is 29.2 Å². The second-order valence-electron chi connectivity index (χ2n) is 2.28. The van der Waals surface area contributed by atoms with Gasteiger partial charge >= 0.3 is 0 Å². The zero-order chi connectivity index (χ0) is 8.27. The first-order valence-electron chi connectivity index (χ1n) is 3.27. The predicted octanol–water partition coefficient (Wildman–Crippen LogP) is 1.98. The van der Waals surface area contributed by atoms with Gasteiger partial charge in [-0.15, -0.1) is 0 Å². The van der Waals surface area contributed by atoms with Crippen molar-refractivity contribution in [2.75, 3.05) is 0 Å². The molecule has 1 aromatic carbocycles. The molecule has 0 aliphatic rings. The molecule has 1 rings (SSSR count). The zero-order valence-electron chi connectivity index (χ0n) is 6.29. The van der Waals surface area contributed by atoms with E-state index >= 15 is 0 Å². The third kappa shape index (κ3) is 2.63. The number of nitrogens with one attached hydrogen (secondary N) is 1. The average molecular weight is 166 g/mol. The Morgan fingerprint density at radius 2 is 2.27 bits per heavy atom. The molecule has 0 saturated carbocycles. The molecule has 0 amide bonds. The van der Waals surface area contributed by atoms with E-state index in [1.807, 2.05) is 31.2 Å². The van der Waals surface area contributed by atoms with E-state index in [1.54, 1.807) is 0 Å². The Morgan fingerprint density at radius 3 is 2.82 bits per heavy atom. The monoisotopic (exact) mass is 166 g/mol. The summed E-state index contributed by atoms with van der Waals surface area (Å²) in [5.41, 5.74) is 6.41. The topological polar surface area (TPSA) is 49.9 Å². The second kappa shape index (κ2) is 3.44. The molecule has 0 saturated heterocycles. The standard InChI is InChI=1S/C8H10N2S/c1-6-3-2-4-7(5-6)11-8(9)10/h2-5H,1H3,(H3,9,10). The van der Waals surface area contributed by atoms with Gasteiger partial charge in [0.25, 0.3) is 0 Å². The van der Waals surface area contributed by atoms with Crippen LogP contribution in [0.5, 0.6) is 0 Å². The van der Waals surface area contributed by atoms with Crippen LogP contribution >= 0.6 is 11.8 Å². The van der Waals surface area contributed by atoms with Gasteiger partial charge in [0.05, 0.1) is 0 Å². The Kier molecular flexibility index (Phi) is 2.54. The zero-order valence-corrected chi connectivity index (χ0v) is 7.11. The molecule has 0 atom stereocenters. The molecule has 0 aliphatic carbocycles. The van der Waals surface area contributed by atoms with Crippen molar-refractivity contribution >= 4 is 16.9 Å². The molecule has 0 unspecified atom stereocenters. The molecule has 3 N–H and O–H groups in total. The lowest BCUT2D eigenvalue weighted by atomic mass is 10.2. The fourth-order valence-electron chi connectivity index (χ4n) is 0.806. The quantitative estimate of drug-likeness (QED) is 0.381. The van der Waals surface area contributed by atoms with Crippen molar-refractivity contribution in [2.45, 2.75) is 11.8 Å². The Hall–Kier alpha value is -0.960. The Morgan fingerprint density at radius 1 is 1.55 bits per heavy atom. The van der Waals surface area contributed by atoms with Gasteiger partial charge in [-0.05, 0) is 19.1 Å². The van der Waals surface area contributed by atoms with Gasteiger partial charge in [-0.1, -0.05) is 29.5 Å². The van der Waals surface area contributed by atoms with Gasteiger partial charge in [0.15, 0.2) is 5.17 Å². The van der Waals surface area contributed by atoms with Gasteiger partial charge in [0, 0.05) is 4.90 Å². The van der Waals surface area contributed by atoms with E-state index in [0.29, 0.717) is 0 Å². The SMILES string of the molecule is Cc1cccc(SC(=N)N)c1. The summed E-state index contributed by atoms with van der Waals surface area (Å²) in [6.45, 7) is 2.02. The van der Waals surface area contributed by atoms with Gasteiger partial charge in [-0.2, -0.15) is 0 Å². The second-order valence-corrected chi connectivity index (χ2v) is 3.40. The lowest BCUT2D eigenvalue weighted by molar-refractivity contribution is 1.36. The van der Waals surface area contributed by atoms with E-state index in [-0.39, 0.29) is 5.17 Å². The van der Waals surface area contributed by atoms with E-state index in [0.717, 1.165) is 4.90 Å². The number of hydrogen-bond donors (Lipinski definition) is 2. The smallest absolute Gasteiger partial charge is 0.155 e. The van der Waals surface area contributed by atoms with Gasteiger partial charge in [-0.3, -0.25) is 5.41 Å².